The lowest BCUT2D eigenvalue weighted by Gasteiger charge is -2.13. The van der Waals surface area contributed by atoms with Gasteiger partial charge in [-0.2, -0.15) is 11.8 Å². The van der Waals surface area contributed by atoms with Crippen LogP contribution in [0.5, 0.6) is 0 Å². The molecule has 0 aliphatic heterocycles. The molecule has 3 aromatic rings. The minimum absolute atomic E-state index is 0.0204. The Morgan fingerprint density at radius 2 is 1.68 bits per heavy atom. The highest BCUT2D eigenvalue weighted by atomic mass is 32.2. The van der Waals surface area contributed by atoms with Gasteiger partial charge in [-0.15, -0.1) is 0 Å². The van der Waals surface area contributed by atoms with Crippen LogP contribution < -0.4 is 22.3 Å². The number of hydrogen-bond acceptors (Lipinski definition) is 5. The number of primary amides is 1. The van der Waals surface area contributed by atoms with E-state index < -0.39 is 17.2 Å². The van der Waals surface area contributed by atoms with Crippen molar-refractivity contribution in [2.75, 3.05) is 12.3 Å². The molecule has 3 rings (SSSR count). The molecule has 0 atom stereocenters. The van der Waals surface area contributed by atoms with Gasteiger partial charge in [0.15, 0.2) is 0 Å². The molecule has 9 heteroatoms. The first kappa shape index (κ1) is 22.4. The molecule has 0 fully saturated rings. The molecule has 0 saturated heterocycles. The number of carbonyl (C=O) groups is 2. The predicted octanol–water partition coefficient (Wildman–Crippen LogP) is 1.09. The summed E-state index contributed by atoms with van der Waals surface area (Å²) in [6.07, 6.45) is -0.0204. The van der Waals surface area contributed by atoms with Gasteiger partial charge in [0.25, 0.3) is 5.56 Å². The quantitative estimate of drug-likeness (QED) is 0.458. The lowest BCUT2D eigenvalue weighted by molar-refractivity contribution is -0.121. The van der Waals surface area contributed by atoms with Crippen molar-refractivity contribution in [2.24, 2.45) is 5.73 Å². The van der Waals surface area contributed by atoms with Crippen LogP contribution in [0.1, 0.15) is 12.0 Å². The lowest BCUT2D eigenvalue weighted by Crippen LogP contribution is -2.42. The Bertz CT molecular complexity index is 1190. The van der Waals surface area contributed by atoms with Gasteiger partial charge in [-0.25, -0.2) is 4.79 Å². The van der Waals surface area contributed by atoms with E-state index in [-0.39, 0.29) is 25.4 Å². The van der Waals surface area contributed by atoms with E-state index >= 15 is 0 Å². The molecule has 0 aliphatic rings. The first-order valence-corrected chi connectivity index (χ1v) is 11.0. The zero-order valence-corrected chi connectivity index (χ0v) is 17.8. The molecule has 0 aliphatic carbocycles. The van der Waals surface area contributed by atoms with Crippen molar-refractivity contribution in [3.63, 3.8) is 0 Å². The minimum Gasteiger partial charge on any atom is -0.368 e. The fourth-order valence-corrected chi connectivity index (χ4v) is 4.02. The monoisotopic (exact) mass is 440 g/mol. The van der Waals surface area contributed by atoms with E-state index in [9.17, 15) is 19.2 Å². The largest absolute Gasteiger partial charge is 0.368 e. The number of para-hydroxylation sites is 1. The third-order valence-electron chi connectivity index (χ3n) is 4.69. The number of aromatic nitrogens is 2. The van der Waals surface area contributed by atoms with Crippen LogP contribution in [-0.2, 0) is 28.4 Å². The molecule has 1 heterocycles. The fourth-order valence-electron chi connectivity index (χ4n) is 3.21. The normalized spacial score (nSPS) is 10.8. The third-order valence-corrected chi connectivity index (χ3v) is 5.72. The molecule has 0 bridgehead atoms. The number of carbonyl (C=O) groups excluding carboxylic acids is 2. The van der Waals surface area contributed by atoms with Gasteiger partial charge in [-0.1, -0.05) is 42.5 Å². The predicted molar refractivity (Wildman–Crippen MR) is 122 cm³/mol. The summed E-state index contributed by atoms with van der Waals surface area (Å²) < 4.78 is 2.15. The van der Waals surface area contributed by atoms with Crippen molar-refractivity contribution in [3.8, 4) is 0 Å². The second kappa shape index (κ2) is 10.6. The Labute approximate surface area is 183 Å². The molecule has 0 spiro atoms. The molecule has 3 N–H and O–H groups in total. The van der Waals surface area contributed by atoms with E-state index in [4.69, 9.17) is 5.73 Å². The molecular weight excluding hydrogens is 416 g/mol. The highest BCUT2D eigenvalue weighted by Crippen LogP contribution is 2.10. The van der Waals surface area contributed by atoms with Gasteiger partial charge in [-0.3, -0.25) is 23.5 Å². The summed E-state index contributed by atoms with van der Waals surface area (Å²) in [5.74, 6) is 0.675. The van der Waals surface area contributed by atoms with Gasteiger partial charge in [-0.05, 0) is 17.7 Å². The number of rotatable bonds is 10. The Balaban J connectivity index is 1.60. The standard InChI is InChI=1S/C22H24N4O4S/c23-19(27)14-26-18-9-5-4-8-17(18)21(29)25(22(26)30)12-10-20(28)24-11-13-31-15-16-6-2-1-3-7-16/h1-9H,10-15H2,(H2,23,27)(H,24,28). The highest BCUT2D eigenvalue weighted by molar-refractivity contribution is 7.98. The maximum Gasteiger partial charge on any atom is 0.331 e. The van der Waals surface area contributed by atoms with E-state index in [1.54, 1.807) is 36.0 Å². The van der Waals surface area contributed by atoms with Crippen LogP contribution in [0.2, 0.25) is 0 Å². The van der Waals surface area contributed by atoms with Gasteiger partial charge in [0.2, 0.25) is 11.8 Å². The van der Waals surface area contributed by atoms with Crippen LogP contribution in [0.4, 0.5) is 0 Å². The summed E-state index contributed by atoms with van der Waals surface area (Å²) in [7, 11) is 0. The van der Waals surface area contributed by atoms with Crippen LogP contribution >= 0.6 is 11.8 Å². The van der Waals surface area contributed by atoms with Gasteiger partial charge in [0.1, 0.15) is 6.54 Å². The number of hydrogen-bond donors (Lipinski definition) is 2. The maximum atomic E-state index is 12.8. The van der Waals surface area contributed by atoms with Crippen molar-refractivity contribution in [1.29, 1.82) is 0 Å². The number of nitrogens with one attached hydrogen (secondary N) is 1. The second-order valence-electron chi connectivity index (χ2n) is 6.95. The number of nitrogens with zero attached hydrogens (tertiary/aromatic N) is 2. The third kappa shape index (κ3) is 5.85. The van der Waals surface area contributed by atoms with E-state index in [0.717, 1.165) is 20.6 Å². The molecule has 31 heavy (non-hydrogen) atoms. The summed E-state index contributed by atoms with van der Waals surface area (Å²) in [5, 5.41) is 3.10. The number of amides is 2. The Morgan fingerprint density at radius 3 is 2.42 bits per heavy atom. The average Bonchev–Trinajstić information content (AvgIpc) is 2.77. The van der Waals surface area contributed by atoms with Crippen LogP contribution in [-0.4, -0.2) is 33.2 Å². The summed E-state index contributed by atoms with van der Waals surface area (Å²) in [6.45, 7) is 0.0730. The number of benzene rings is 2. The molecule has 2 amide bonds. The molecule has 8 nitrogen and oxygen atoms in total. The van der Waals surface area contributed by atoms with E-state index in [1.807, 2.05) is 18.2 Å². The van der Waals surface area contributed by atoms with Crippen molar-refractivity contribution >= 4 is 34.5 Å². The summed E-state index contributed by atoms with van der Waals surface area (Å²) in [5.41, 5.74) is 5.67. The Kier molecular flexibility index (Phi) is 7.66. The molecule has 0 radical (unpaired) electrons. The van der Waals surface area contributed by atoms with Crippen LogP contribution in [0.25, 0.3) is 10.9 Å². The first-order valence-electron chi connectivity index (χ1n) is 9.86. The smallest absolute Gasteiger partial charge is 0.331 e. The molecule has 0 saturated carbocycles. The zero-order chi connectivity index (χ0) is 22.2. The Hall–Kier alpha value is -3.33. The lowest BCUT2D eigenvalue weighted by atomic mass is 10.2. The fraction of sp³-hybridized carbons (Fsp3) is 0.273. The summed E-state index contributed by atoms with van der Waals surface area (Å²) in [6, 6.07) is 16.6. The molecule has 2 aromatic carbocycles. The number of thioether (sulfide) groups is 1. The second-order valence-corrected chi connectivity index (χ2v) is 8.05. The average molecular weight is 441 g/mol. The van der Waals surface area contributed by atoms with Crippen LogP contribution in [0, 0.1) is 0 Å². The SMILES string of the molecule is NC(=O)Cn1c(=O)n(CCC(=O)NCCSCc2ccccc2)c(=O)c2ccccc21. The topological polar surface area (TPSA) is 116 Å². The molecule has 0 unspecified atom stereocenters. The van der Waals surface area contributed by atoms with E-state index in [1.165, 1.54) is 5.56 Å². The van der Waals surface area contributed by atoms with Crippen molar-refractivity contribution in [2.45, 2.75) is 25.3 Å². The van der Waals surface area contributed by atoms with Crippen LogP contribution in [0.3, 0.4) is 0 Å². The van der Waals surface area contributed by atoms with Crippen molar-refractivity contribution < 1.29 is 9.59 Å². The number of nitrogens with two attached hydrogens (primary N) is 1. The molecule has 1 aromatic heterocycles. The number of fused-ring (bicyclic) bond motifs is 1. The van der Waals surface area contributed by atoms with Gasteiger partial charge in [0.05, 0.1) is 10.9 Å². The first-order chi connectivity index (χ1) is 15.0. The van der Waals surface area contributed by atoms with Gasteiger partial charge >= 0.3 is 5.69 Å². The Morgan fingerprint density at radius 1 is 0.968 bits per heavy atom. The van der Waals surface area contributed by atoms with Crippen molar-refractivity contribution in [1.82, 2.24) is 14.5 Å². The summed E-state index contributed by atoms with van der Waals surface area (Å²) >= 11 is 1.71. The van der Waals surface area contributed by atoms with Gasteiger partial charge < -0.3 is 11.1 Å². The van der Waals surface area contributed by atoms with Crippen molar-refractivity contribution in [3.05, 3.63) is 81.0 Å². The van der Waals surface area contributed by atoms with E-state index in [2.05, 4.69) is 17.4 Å². The minimum atomic E-state index is -0.691. The zero-order valence-electron chi connectivity index (χ0n) is 17.0. The van der Waals surface area contributed by atoms with E-state index in [0.29, 0.717) is 17.4 Å². The van der Waals surface area contributed by atoms with Crippen LogP contribution in [0.15, 0.2) is 64.2 Å². The maximum absolute atomic E-state index is 12.8. The molecular formula is C22H24N4O4S. The van der Waals surface area contributed by atoms with Gasteiger partial charge in [0, 0.05) is 31.0 Å². The summed E-state index contributed by atoms with van der Waals surface area (Å²) in [4.78, 5) is 49.1. The molecule has 162 valence electrons. The highest BCUT2D eigenvalue weighted by Gasteiger charge is 2.15.